The summed E-state index contributed by atoms with van der Waals surface area (Å²) in [4.78, 5) is 0. The Labute approximate surface area is 227 Å². The summed E-state index contributed by atoms with van der Waals surface area (Å²) in [5.74, 6) is 3.14. The largest absolute Gasteiger partial charge is 0.147 e. The second kappa shape index (κ2) is 13.8. The maximum absolute atomic E-state index is 2.45. The van der Waals surface area contributed by atoms with E-state index < -0.39 is 0 Å². The molecule has 0 N–H and O–H groups in total. The first kappa shape index (κ1) is 32.0. The van der Waals surface area contributed by atoms with E-state index in [4.69, 9.17) is 0 Å². The molecule has 2 fully saturated rings. The van der Waals surface area contributed by atoms with Crippen LogP contribution in [0.4, 0.5) is 0 Å². The smallest absolute Gasteiger partial charge is 0.147 e. The maximum atomic E-state index is 2.45. The van der Waals surface area contributed by atoms with Gasteiger partial charge in [-0.05, 0) is 35.5 Å². The van der Waals surface area contributed by atoms with Gasteiger partial charge in [0.1, 0.15) is 0 Å². The van der Waals surface area contributed by atoms with Gasteiger partial charge in [-0.15, -0.1) is 49.1 Å². The quantitative estimate of drug-likeness (QED) is 0.261. The number of fused-ring (bicyclic) bond motifs is 2. The summed E-state index contributed by atoms with van der Waals surface area (Å²) in [5, 5.41) is 0. The average molecular weight is 557 g/mol. The van der Waals surface area contributed by atoms with Gasteiger partial charge in [0.15, 0.2) is 0 Å². The SMILES string of the molecule is CC1[CH-]C2=CC=CCC(C)(C)C2C1.CC1[CH-]C2=CC=CCC(C)(C)C2C1.C[C](C)=[Zr+2].Cl.Cl. The van der Waals surface area contributed by atoms with Crippen molar-refractivity contribution in [3.8, 4) is 0 Å². The van der Waals surface area contributed by atoms with E-state index in [1.54, 1.807) is 35.4 Å². The van der Waals surface area contributed by atoms with Crippen LogP contribution >= 0.6 is 24.8 Å². The van der Waals surface area contributed by atoms with Gasteiger partial charge in [-0.1, -0.05) is 66.2 Å². The second-order valence-corrected chi connectivity index (χ2v) is 13.9. The molecular weight excluding hydrogens is 510 g/mol. The molecule has 0 bridgehead atoms. The first-order valence-electron chi connectivity index (χ1n) is 11.9. The molecule has 0 nitrogen and oxygen atoms in total. The molecule has 0 saturated heterocycles. The van der Waals surface area contributed by atoms with Crippen molar-refractivity contribution < 1.29 is 24.2 Å². The molecule has 0 aliphatic heterocycles. The maximum Gasteiger partial charge on any atom is -0.147 e. The molecule has 0 amide bonds. The van der Waals surface area contributed by atoms with Crippen LogP contribution in [0.1, 0.15) is 81.1 Å². The van der Waals surface area contributed by atoms with Crippen LogP contribution in [0.25, 0.3) is 0 Å². The molecule has 180 valence electrons. The van der Waals surface area contributed by atoms with E-state index in [9.17, 15) is 0 Å². The van der Waals surface area contributed by atoms with Crippen molar-refractivity contribution in [1.29, 1.82) is 0 Å². The van der Waals surface area contributed by atoms with E-state index in [1.165, 1.54) is 28.9 Å². The Kier molecular flexibility index (Phi) is 13.8. The van der Waals surface area contributed by atoms with Gasteiger partial charge in [-0.3, -0.25) is 0 Å². The summed E-state index contributed by atoms with van der Waals surface area (Å²) in [6, 6.07) is 0. The molecule has 0 aromatic heterocycles. The van der Waals surface area contributed by atoms with E-state index >= 15 is 0 Å². The van der Waals surface area contributed by atoms with Crippen molar-refractivity contribution in [2.75, 3.05) is 0 Å². The third-order valence-electron chi connectivity index (χ3n) is 7.00. The fourth-order valence-electron chi connectivity index (χ4n) is 5.31. The molecule has 4 unspecified atom stereocenters. The summed E-state index contributed by atoms with van der Waals surface area (Å²) in [6.45, 7) is 18.5. The van der Waals surface area contributed by atoms with Gasteiger partial charge >= 0.3 is 41.3 Å². The minimum Gasteiger partial charge on any atom is -0.147 e. The Balaban J connectivity index is 0.000000490. The van der Waals surface area contributed by atoms with E-state index in [0.29, 0.717) is 10.8 Å². The van der Waals surface area contributed by atoms with E-state index in [1.807, 2.05) is 0 Å². The Morgan fingerprint density at radius 1 is 0.781 bits per heavy atom. The molecule has 4 aliphatic rings. The minimum absolute atomic E-state index is 0. The Bertz CT molecular complexity index is 663. The summed E-state index contributed by atoms with van der Waals surface area (Å²) in [5.41, 5.74) is 4.07. The second-order valence-electron chi connectivity index (χ2n) is 11.4. The number of halogens is 2. The normalized spacial score (nSPS) is 30.2. The van der Waals surface area contributed by atoms with Crippen molar-refractivity contribution in [3.05, 3.63) is 60.4 Å². The predicted molar refractivity (Wildman–Crippen MR) is 145 cm³/mol. The molecular formula is C29H46Cl2Zr. The predicted octanol–water partition coefficient (Wildman–Crippen LogP) is 9.11. The summed E-state index contributed by atoms with van der Waals surface area (Å²) in [6.07, 6.45) is 23.7. The van der Waals surface area contributed by atoms with Crippen LogP contribution in [-0.2, 0) is 24.2 Å². The van der Waals surface area contributed by atoms with Gasteiger partial charge in [0.2, 0.25) is 0 Å². The number of hydrogen-bond acceptors (Lipinski definition) is 0. The fraction of sp³-hybridized carbons (Fsp3) is 0.621. The summed E-state index contributed by atoms with van der Waals surface area (Å²) < 4.78 is 1.51. The fourth-order valence-corrected chi connectivity index (χ4v) is 5.31. The molecule has 3 heteroatoms. The first-order valence-corrected chi connectivity index (χ1v) is 13.1. The van der Waals surface area contributed by atoms with E-state index in [2.05, 4.69) is 105 Å². The van der Waals surface area contributed by atoms with Crippen LogP contribution in [0, 0.1) is 47.3 Å². The van der Waals surface area contributed by atoms with Crippen molar-refractivity contribution in [2.45, 2.75) is 81.1 Å². The minimum atomic E-state index is 0. The van der Waals surface area contributed by atoms with Gasteiger partial charge in [-0.2, -0.15) is 0 Å². The van der Waals surface area contributed by atoms with Crippen molar-refractivity contribution >= 4 is 28.0 Å². The first-order chi connectivity index (χ1) is 13.9. The standard InChI is InChI=1S/2C13H19.C3H6.2ClH.Zr/c2*1-10-8-11-6-4-5-7-13(2,3)12(11)9-10;1-3-2;;;/h2*4-6,8,10,12H,7,9H2,1-3H3;1-2H3;2*1H;/q2*-1;;;;+2. The van der Waals surface area contributed by atoms with Crippen LogP contribution in [-0.4, -0.2) is 3.21 Å². The molecule has 0 aromatic carbocycles. The molecule has 0 aromatic rings. The molecule has 4 rings (SSSR count). The number of allylic oxidation sites excluding steroid dienone is 8. The molecule has 32 heavy (non-hydrogen) atoms. The monoisotopic (exact) mass is 554 g/mol. The zero-order chi connectivity index (χ0) is 22.5. The summed E-state index contributed by atoms with van der Waals surface area (Å²) in [7, 11) is 0. The Morgan fingerprint density at radius 2 is 1.09 bits per heavy atom. The van der Waals surface area contributed by atoms with Crippen LogP contribution in [0.3, 0.4) is 0 Å². The topological polar surface area (TPSA) is 0 Å². The summed E-state index contributed by atoms with van der Waals surface area (Å²) >= 11 is 1.55. The van der Waals surface area contributed by atoms with Crippen molar-refractivity contribution in [2.24, 2.45) is 34.5 Å². The van der Waals surface area contributed by atoms with Gasteiger partial charge in [0.25, 0.3) is 0 Å². The van der Waals surface area contributed by atoms with Gasteiger partial charge in [0, 0.05) is 0 Å². The molecule has 4 atom stereocenters. The Hall–Kier alpha value is 0.0331. The van der Waals surface area contributed by atoms with Crippen LogP contribution < -0.4 is 0 Å². The molecule has 2 saturated carbocycles. The Morgan fingerprint density at radius 3 is 1.41 bits per heavy atom. The van der Waals surface area contributed by atoms with Gasteiger partial charge in [0.05, 0.1) is 0 Å². The number of rotatable bonds is 0. The third kappa shape index (κ3) is 9.35. The van der Waals surface area contributed by atoms with E-state index in [-0.39, 0.29) is 24.8 Å². The molecule has 4 aliphatic carbocycles. The average Bonchev–Trinajstić information content (AvgIpc) is 3.11. The van der Waals surface area contributed by atoms with E-state index in [0.717, 1.165) is 23.7 Å². The number of hydrogen-bond donors (Lipinski definition) is 0. The molecule has 0 heterocycles. The zero-order valence-electron chi connectivity index (χ0n) is 21.6. The van der Waals surface area contributed by atoms with Crippen LogP contribution in [0.5, 0.6) is 0 Å². The zero-order valence-corrected chi connectivity index (χ0v) is 25.7. The van der Waals surface area contributed by atoms with Crippen LogP contribution in [0.15, 0.2) is 47.6 Å². The molecule has 0 radical (unpaired) electrons. The molecule has 0 spiro atoms. The van der Waals surface area contributed by atoms with Crippen molar-refractivity contribution in [1.82, 2.24) is 0 Å². The van der Waals surface area contributed by atoms with Gasteiger partial charge in [-0.25, -0.2) is 36.1 Å². The van der Waals surface area contributed by atoms with Gasteiger partial charge < -0.3 is 0 Å². The van der Waals surface area contributed by atoms with Crippen LogP contribution in [0.2, 0.25) is 0 Å². The van der Waals surface area contributed by atoms with Crippen molar-refractivity contribution in [3.63, 3.8) is 0 Å². The third-order valence-corrected chi connectivity index (χ3v) is 7.00.